The van der Waals surface area contributed by atoms with E-state index in [9.17, 15) is 13.2 Å². The molecule has 0 amide bonds. The molecule has 120 valence electrons. The van der Waals surface area contributed by atoms with E-state index in [1.54, 1.807) is 0 Å². The fraction of sp³-hybridized carbons (Fsp3) is 0.571. The van der Waals surface area contributed by atoms with Crippen LogP contribution in [0.1, 0.15) is 30.5 Å². The topological polar surface area (TPSA) is 15.3 Å². The zero-order chi connectivity index (χ0) is 14.8. The molecule has 1 atom stereocenters. The maximum absolute atomic E-state index is 12.9. The number of rotatable bonds is 3. The van der Waals surface area contributed by atoms with Crippen molar-refractivity contribution < 1.29 is 13.2 Å². The molecule has 0 aliphatic carbocycles. The predicted octanol–water partition coefficient (Wildman–Crippen LogP) is 4.25. The average molecular weight is 388 g/mol. The third-order valence-electron chi connectivity index (χ3n) is 3.66. The Morgan fingerprint density at radius 2 is 1.90 bits per heavy atom. The Balaban J connectivity index is 0.00000220. The molecule has 1 heterocycles. The molecule has 1 aromatic rings. The van der Waals surface area contributed by atoms with Crippen molar-refractivity contribution in [3.8, 4) is 0 Å². The van der Waals surface area contributed by atoms with Crippen LogP contribution in [0, 0.1) is 0 Å². The molecule has 7 heteroatoms. The minimum absolute atomic E-state index is 0. The van der Waals surface area contributed by atoms with Gasteiger partial charge < -0.3 is 5.32 Å². The maximum atomic E-state index is 12.9. The Labute approximate surface area is 137 Å². The van der Waals surface area contributed by atoms with Gasteiger partial charge in [0.2, 0.25) is 0 Å². The highest BCUT2D eigenvalue weighted by molar-refractivity contribution is 9.10. The van der Waals surface area contributed by atoms with Crippen molar-refractivity contribution in [2.24, 2.45) is 0 Å². The van der Waals surface area contributed by atoms with Gasteiger partial charge in [-0.15, -0.1) is 12.4 Å². The number of nitrogens with one attached hydrogen (secondary N) is 1. The number of hydrogen-bond donors (Lipinski definition) is 1. The summed E-state index contributed by atoms with van der Waals surface area (Å²) < 4.78 is 39.4. The van der Waals surface area contributed by atoms with Gasteiger partial charge in [0.1, 0.15) is 0 Å². The Hall–Kier alpha value is -0.300. The van der Waals surface area contributed by atoms with Crippen LogP contribution >= 0.6 is 28.3 Å². The smallest absolute Gasteiger partial charge is 0.314 e. The van der Waals surface area contributed by atoms with E-state index in [1.165, 1.54) is 12.1 Å². The minimum Gasteiger partial charge on any atom is -0.314 e. The summed E-state index contributed by atoms with van der Waals surface area (Å²) >= 11 is 3.40. The van der Waals surface area contributed by atoms with Crippen molar-refractivity contribution in [1.82, 2.24) is 10.2 Å². The number of piperazine rings is 1. The number of hydrogen-bond acceptors (Lipinski definition) is 2. The normalized spacial score (nSPS) is 18.1. The summed E-state index contributed by atoms with van der Waals surface area (Å²) in [6.07, 6.45) is -3.50. The van der Waals surface area contributed by atoms with Gasteiger partial charge in [-0.3, -0.25) is 4.90 Å². The van der Waals surface area contributed by atoms with Crippen LogP contribution in [0.4, 0.5) is 13.2 Å². The number of halogens is 5. The van der Waals surface area contributed by atoms with Gasteiger partial charge in [-0.05, 0) is 30.2 Å². The molecule has 0 aromatic heterocycles. The molecule has 1 N–H and O–H groups in total. The monoisotopic (exact) mass is 386 g/mol. The third-order valence-corrected chi connectivity index (χ3v) is 4.38. The first kappa shape index (κ1) is 18.7. The molecule has 1 saturated heterocycles. The van der Waals surface area contributed by atoms with Gasteiger partial charge in [0, 0.05) is 36.7 Å². The van der Waals surface area contributed by atoms with Gasteiger partial charge in [-0.1, -0.05) is 22.9 Å². The molecule has 0 unspecified atom stereocenters. The van der Waals surface area contributed by atoms with E-state index >= 15 is 0 Å². The SMILES string of the molecule is CC[C@H](c1cc(C(F)(F)F)ccc1Br)N1CCNCC1.Cl. The van der Waals surface area contributed by atoms with Crippen LogP contribution in [0.15, 0.2) is 22.7 Å². The standard InChI is InChI=1S/C14H18BrF3N2.ClH/c1-2-13(20-7-5-19-6-8-20)11-9-10(14(16,17)18)3-4-12(11)15;/h3-4,9,13,19H,2,5-8H2,1H3;1H/t13-;/m1./s1. The molecule has 1 aliphatic rings. The van der Waals surface area contributed by atoms with Crippen molar-refractivity contribution in [3.63, 3.8) is 0 Å². The highest BCUT2D eigenvalue weighted by Crippen LogP contribution is 2.36. The van der Waals surface area contributed by atoms with E-state index in [-0.39, 0.29) is 18.4 Å². The van der Waals surface area contributed by atoms with Crippen molar-refractivity contribution in [1.29, 1.82) is 0 Å². The molecule has 2 rings (SSSR count). The van der Waals surface area contributed by atoms with Gasteiger partial charge >= 0.3 is 6.18 Å². The fourth-order valence-electron chi connectivity index (χ4n) is 2.64. The van der Waals surface area contributed by atoms with E-state index in [0.29, 0.717) is 0 Å². The molecule has 0 spiro atoms. The third kappa shape index (κ3) is 4.58. The van der Waals surface area contributed by atoms with E-state index < -0.39 is 11.7 Å². The lowest BCUT2D eigenvalue weighted by atomic mass is 9.99. The minimum atomic E-state index is -4.29. The lowest BCUT2D eigenvalue weighted by Gasteiger charge is -2.35. The van der Waals surface area contributed by atoms with Crippen LogP contribution in [0.25, 0.3) is 0 Å². The summed E-state index contributed by atoms with van der Waals surface area (Å²) in [5, 5.41) is 3.26. The van der Waals surface area contributed by atoms with Crippen molar-refractivity contribution in [2.45, 2.75) is 25.6 Å². The summed E-state index contributed by atoms with van der Waals surface area (Å²) in [7, 11) is 0. The molecule has 1 aromatic carbocycles. The molecule has 0 bridgehead atoms. The largest absolute Gasteiger partial charge is 0.416 e. The maximum Gasteiger partial charge on any atom is 0.416 e. The van der Waals surface area contributed by atoms with Gasteiger partial charge in [-0.2, -0.15) is 13.2 Å². The predicted molar refractivity (Wildman–Crippen MR) is 83.9 cm³/mol. The van der Waals surface area contributed by atoms with Gasteiger partial charge in [0.15, 0.2) is 0 Å². The molecule has 0 saturated carbocycles. The van der Waals surface area contributed by atoms with Crippen LogP contribution in [0.3, 0.4) is 0 Å². The summed E-state index contributed by atoms with van der Waals surface area (Å²) in [6.45, 7) is 5.50. The summed E-state index contributed by atoms with van der Waals surface area (Å²) in [5.74, 6) is 0. The molecule has 1 fully saturated rings. The number of nitrogens with zero attached hydrogens (tertiary/aromatic N) is 1. The number of benzene rings is 1. The first-order chi connectivity index (χ1) is 9.43. The van der Waals surface area contributed by atoms with Crippen molar-refractivity contribution >= 4 is 28.3 Å². The molecular formula is C14H19BrClF3N2. The number of alkyl halides is 3. The molecule has 1 aliphatic heterocycles. The molecule has 21 heavy (non-hydrogen) atoms. The molecule has 0 radical (unpaired) electrons. The van der Waals surface area contributed by atoms with Crippen LogP contribution < -0.4 is 5.32 Å². The Bertz CT molecular complexity index is 462. The highest BCUT2D eigenvalue weighted by atomic mass is 79.9. The lowest BCUT2D eigenvalue weighted by Crippen LogP contribution is -2.45. The van der Waals surface area contributed by atoms with E-state index in [0.717, 1.165) is 48.7 Å². The highest BCUT2D eigenvalue weighted by Gasteiger charge is 2.32. The molecular weight excluding hydrogens is 369 g/mol. The quantitative estimate of drug-likeness (QED) is 0.834. The van der Waals surface area contributed by atoms with Crippen molar-refractivity contribution in [3.05, 3.63) is 33.8 Å². The lowest BCUT2D eigenvalue weighted by molar-refractivity contribution is -0.137. The van der Waals surface area contributed by atoms with Crippen LogP contribution in [0.5, 0.6) is 0 Å². The van der Waals surface area contributed by atoms with Crippen molar-refractivity contribution in [2.75, 3.05) is 26.2 Å². The first-order valence-corrected chi connectivity index (χ1v) is 7.54. The Morgan fingerprint density at radius 3 is 2.43 bits per heavy atom. The zero-order valence-electron chi connectivity index (χ0n) is 11.7. The van der Waals surface area contributed by atoms with Gasteiger partial charge in [-0.25, -0.2) is 0 Å². The van der Waals surface area contributed by atoms with Crippen LogP contribution in [-0.4, -0.2) is 31.1 Å². The van der Waals surface area contributed by atoms with Gasteiger partial charge in [0.25, 0.3) is 0 Å². The van der Waals surface area contributed by atoms with Crippen LogP contribution in [-0.2, 0) is 6.18 Å². The molecule has 2 nitrogen and oxygen atoms in total. The second kappa shape index (κ2) is 7.81. The van der Waals surface area contributed by atoms with E-state index in [1.807, 2.05) is 6.92 Å². The summed E-state index contributed by atoms with van der Waals surface area (Å²) in [5.41, 5.74) is 0.147. The average Bonchev–Trinajstić information content (AvgIpc) is 2.41. The van der Waals surface area contributed by atoms with E-state index in [4.69, 9.17) is 0 Å². The summed E-state index contributed by atoms with van der Waals surface area (Å²) in [6, 6.07) is 3.93. The summed E-state index contributed by atoms with van der Waals surface area (Å²) in [4.78, 5) is 2.25. The second-order valence-corrected chi connectivity index (χ2v) is 5.80. The van der Waals surface area contributed by atoms with Crippen LogP contribution in [0.2, 0.25) is 0 Å². The second-order valence-electron chi connectivity index (χ2n) is 4.94. The van der Waals surface area contributed by atoms with E-state index in [2.05, 4.69) is 26.1 Å². The fourth-order valence-corrected chi connectivity index (χ4v) is 3.15. The Kier molecular flexibility index (Phi) is 6.97. The zero-order valence-corrected chi connectivity index (χ0v) is 14.1. The Morgan fingerprint density at radius 1 is 1.29 bits per heavy atom. The van der Waals surface area contributed by atoms with Gasteiger partial charge in [0.05, 0.1) is 5.56 Å². The first-order valence-electron chi connectivity index (χ1n) is 6.75.